The molecular weight excluding hydrogens is 210 g/mol. The molecule has 0 N–H and O–H groups in total. The molecule has 0 bridgehead atoms. The predicted molar refractivity (Wildman–Crippen MR) is 68.6 cm³/mol. The van der Waals surface area contributed by atoms with Crippen LogP contribution in [0.2, 0.25) is 0 Å². The molecule has 0 unspecified atom stereocenters. The van der Waals surface area contributed by atoms with Gasteiger partial charge in [-0.3, -0.25) is 0 Å². The van der Waals surface area contributed by atoms with Crippen molar-refractivity contribution in [3.63, 3.8) is 0 Å². The van der Waals surface area contributed by atoms with Crippen LogP contribution in [0, 0.1) is 0 Å². The lowest BCUT2D eigenvalue weighted by molar-refractivity contribution is 0.563. The molecule has 2 nitrogen and oxygen atoms in total. The van der Waals surface area contributed by atoms with Crippen molar-refractivity contribution in [3.8, 4) is 11.1 Å². The van der Waals surface area contributed by atoms with Gasteiger partial charge in [-0.25, -0.2) is 9.79 Å². The summed E-state index contributed by atoms with van der Waals surface area (Å²) in [5.41, 5.74) is 3.60. The Kier molecular flexibility index (Phi) is 3.85. The third-order valence-electron chi connectivity index (χ3n) is 2.64. The summed E-state index contributed by atoms with van der Waals surface area (Å²) in [6, 6.07) is 18.6. The molecule has 0 amide bonds. The number of aliphatic imine (C=N–C) groups is 1. The van der Waals surface area contributed by atoms with Crippen molar-refractivity contribution in [2.24, 2.45) is 4.99 Å². The number of rotatable bonds is 4. The SMILES string of the molecule is O=C=NCCc1ccc(-c2ccccc2)cc1. The molecule has 0 radical (unpaired) electrons. The van der Waals surface area contributed by atoms with Crippen LogP contribution in [0.25, 0.3) is 11.1 Å². The van der Waals surface area contributed by atoms with Crippen LogP contribution in [0.1, 0.15) is 5.56 Å². The fourth-order valence-corrected chi connectivity index (χ4v) is 1.73. The van der Waals surface area contributed by atoms with Crippen molar-refractivity contribution in [2.45, 2.75) is 6.42 Å². The van der Waals surface area contributed by atoms with Gasteiger partial charge in [0.2, 0.25) is 6.08 Å². The minimum Gasteiger partial charge on any atom is -0.211 e. The Morgan fingerprint density at radius 2 is 1.53 bits per heavy atom. The summed E-state index contributed by atoms with van der Waals surface area (Å²) in [6.45, 7) is 0.508. The lowest BCUT2D eigenvalue weighted by atomic mass is 10.0. The number of hydrogen-bond acceptors (Lipinski definition) is 2. The molecule has 2 aromatic rings. The highest BCUT2D eigenvalue weighted by molar-refractivity contribution is 5.63. The first-order valence-electron chi connectivity index (χ1n) is 5.58. The second-order valence-corrected chi connectivity index (χ2v) is 3.79. The molecule has 2 rings (SSSR count). The average Bonchev–Trinajstić information content (AvgIpc) is 2.41. The lowest BCUT2D eigenvalue weighted by Crippen LogP contribution is -1.88. The van der Waals surface area contributed by atoms with Gasteiger partial charge in [-0.05, 0) is 23.1 Å². The lowest BCUT2D eigenvalue weighted by Gasteiger charge is -2.03. The molecular formula is C15H13NO. The Morgan fingerprint density at radius 3 is 2.18 bits per heavy atom. The largest absolute Gasteiger partial charge is 0.234 e. The molecule has 84 valence electrons. The van der Waals surface area contributed by atoms with E-state index in [1.54, 1.807) is 6.08 Å². The average molecular weight is 223 g/mol. The molecule has 2 heteroatoms. The summed E-state index contributed by atoms with van der Waals surface area (Å²) in [7, 11) is 0. The number of nitrogens with zero attached hydrogens (tertiary/aromatic N) is 1. The van der Waals surface area contributed by atoms with Gasteiger partial charge in [-0.1, -0.05) is 54.6 Å². The zero-order valence-corrected chi connectivity index (χ0v) is 9.47. The highest BCUT2D eigenvalue weighted by Crippen LogP contribution is 2.19. The molecule has 0 aliphatic carbocycles. The van der Waals surface area contributed by atoms with E-state index in [4.69, 9.17) is 0 Å². The van der Waals surface area contributed by atoms with Gasteiger partial charge in [0.15, 0.2) is 0 Å². The van der Waals surface area contributed by atoms with Crippen molar-refractivity contribution in [1.82, 2.24) is 0 Å². The van der Waals surface area contributed by atoms with E-state index in [2.05, 4.69) is 41.4 Å². The number of isocyanates is 1. The van der Waals surface area contributed by atoms with Gasteiger partial charge in [-0.15, -0.1) is 0 Å². The third kappa shape index (κ3) is 3.13. The minimum absolute atomic E-state index is 0.508. The summed E-state index contributed by atoms with van der Waals surface area (Å²) in [6.07, 6.45) is 2.33. The maximum Gasteiger partial charge on any atom is 0.234 e. The van der Waals surface area contributed by atoms with Gasteiger partial charge < -0.3 is 0 Å². The minimum atomic E-state index is 0.508. The summed E-state index contributed by atoms with van der Waals surface area (Å²) in [4.78, 5) is 13.5. The van der Waals surface area contributed by atoms with Gasteiger partial charge in [0.1, 0.15) is 0 Å². The molecule has 0 aliphatic rings. The van der Waals surface area contributed by atoms with E-state index in [-0.39, 0.29) is 0 Å². The second kappa shape index (κ2) is 5.78. The van der Waals surface area contributed by atoms with Crippen LogP contribution in [-0.2, 0) is 11.2 Å². The molecule has 0 spiro atoms. The van der Waals surface area contributed by atoms with Gasteiger partial charge in [0.05, 0.1) is 6.54 Å². The number of carbonyl (C=O) groups excluding carboxylic acids is 1. The van der Waals surface area contributed by atoms with E-state index >= 15 is 0 Å². The Hall–Kier alpha value is -2.18. The fourth-order valence-electron chi connectivity index (χ4n) is 1.73. The maximum atomic E-state index is 9.94. The Balaban J connectivity index is 2.10. The number of hydrogen-bond donors (Lipinski definition) is 0. The van der Waals surface area contributed by atoms with Gasteiger partial charge in [0.25, 0.3) is 0 Å². The fraction of sp³-hybridized carbons (Fsp3) is 0.133. The molecule has 0 saturated carbocycles. The summed E-state index contributed by atoms with van der Waals surface area (Å²) >= 11 is 0. The van der Waals surface area contributed by atoms with E-state index in [1.807, 2.05) is 18.2 Å². The van der Waals surface area contributed by atoms with Crippen molar-refractivity contribution in [2.75, 3.05) is 6.54 Å². The molecule has 17 heavy (non-hydrogen) atoms. The molecule has 2 aromatic carbocycles. The summed E-state index contributed by atoms with van der Waals surface area (Å²) in [5, 5.41) is 0. The maximum absolute atomic E-state index is 9.94. The molecule has 0 saturated heterocycles. The molecule has 0 heterocycles. The van der Waals surface area contributed by atoms with Gasteiger partial charge in [-0.2, -0.15) is 0 Å². The van der Waals surface area contributed by atoms with Gasteiger partial charge >= 0.3 is 0 Å². The summed E-state index contributed by atoms with van der Waals surface area (Å²) < 4.78 is 0. The highest BCUT2D eigenvalue weighted by Gasteiger charge is 1.97. The Morgan fingerprint density at radius 1 is 0.882 bits per heavy atom. The van der Waals surface area contributed by atoms with Crippen LogP contribution in [0.3, 0.4) is 0 Å². The zero-order chi connectivity index (χ0) is 11.9. The van der Waals surface area contributed by atoms with Crippen molar-refractivity contribution in [3.05, 3.63) is 60.2 Å². The van der Waals surface area contributed by atoms with Crippen molar-refractivity contribution >= 4 is 6.08 Å². The van der Waals surface area contributed by atoms with Crippen LogP contribution >= 0.6 is 0 Å². The Bertz CT molecular complexity index is 510. The molecule has 0 aliphatic heterocycles. The van der Waals surface area contributed by atoms with Crippen LogP contribution in [-0.4, -0.2) is 12.6 Å². The van der Waals surface area contributed by atoms with E-state index in [0.29, 0.717) is 6.54 Å². The zero-order valence-electron chi connectivity index (χ0n) is 9.47. The highest BCUT2D eigenvalue weighted by atomic mass is 16.1. The molecule has 0 aromatic heterocycles. The van der Waals surface area contributed by atoms with Crippen molar-refractivity contribution < 1.29 is 4.79 Å². The monoisotopic (exact) mass is 223 g/mol. The molecule has 0 fully saturated rings. The quantitative estimate of drug-likeness (QED) is 0.578. The standard InChI is InChI=1S/C15H13NO/c17-12-16-11-10-13-6-8-15(9-7-13)14-4-2-1-3-5-14/h1-9H,10-11H2. The van der Waals surface area contributed by atoms with Crippen LogP contribution < -0.4 is 0 Å². The molecule has 0 atom stereocenters. The van der Waals surface area contributed by atoms with Crippen LogP contribution in [0.15, 0.2) is 59.6 Å². The third-order valence-corrected chi connectivity index (χ3v) is 2.64. The van der Waals surface area contributed by atoms with E-state index in [9.17, 15) is 4.79 Å². The topological polar surface area (TPSA) is 29.4 Å². The van der Waals surface area contributed by atoms with Crippen LogP contribution in [0.5, 0.6) is 0 Å². The second-order valence-electron chi connectivity index (χ2n) is 3.79. The van der Waals surface area contributed by atoms with E-state index < -0.39 is 0 Å². The first-order chi connectivity index (χ1) is 8.40. The van der Waals surface area contributed by atoms with Crippen molar-refractivity contribution in [1.29, 1.82) is 0 Å². The van der Waals surface area contributed by atoms with E-state index in [0.717, 1.165) is 6.42 Å². The first kappa shape index (κ1) is 11.3. The first-order valence-corrected chi connectivity index (χ1v) is 5.58. The summed E-state index contributed by atoms with van der Waals surface area (Å²) in [5.74, 6) is 0. The number of benzene rings is 2. The Labute approximate surface area is 101 Å². The van der Waals surface area contributed by atoms with E-state index in [1.165, 1.54) is 16.7 Å². The van der Waals surface area contributed by atoms with Crippen LogP contribution in [0.4, 0.5) is 0 Å². The normalized spacial score (nSPS) is 9.65. The smallest absolute Gasteiger partial charge is 0.211 e. The predicted octanol–water partition coefficient (Wildman–Crippen LogP) is 3.23. The van der Waals surface area contributed by atoms with Gasteiger partial charge in [0, 0.05) is 0 Å².